The Morgan fingerprint density at radius 3 is 2.47 bits per heavy atom. The Labute approximate surface area is 101 Å². The molecule has 0 aliphatic heterocycles. The van der Waals surface area contributed by atoms with E-state index in [2.05, 4.69) is 5.32 Å². The third-order valence-corrected chi connectivity index (χ3v) is 2.05. The van der Waals surface area contributed by atoms with Gasteiger partial charge in [0.2, 0.25) is 5.91 Å². The van der Waals surface area contributed by atoms with Gasteiger partial charge in [-0.3, -0.25) is 4.79 Å². The first kappa shape index (κ1) is 13.2. The highest BCUT2D eigenvalue weighted by Gasteiger charge is 2.14. The molecule has 0 radical (unpaired) electrons. The Morgan fingerprint density at radius 2 is 1.94 bits per heavy atom. The molecular formula is C13H17NO3. The number of nitrogens with one attached hydrogen (secondary N) is 1. The van der Waals surface area contributed by atoms with E-state index in [9.17, 15) is 9.59 Å². The molecule has 0 aliphatic rings. The zero-order valence-corrected chi connectivity index (χ0v) is 10.5. The first-order valence-electron chi connectivity index (χ1n) is 5.49. The first-order valence-corrected chi connectivity index (χ1v) is 5.49. The molecule has 0 fully saturated rings. The van der Waals surface area contributed by atoms with Gasteiger partial charge in [-0.15, -0.1) is 0 Å². The molecule has 1 N–H and O–H groups in total. The van der Waals surface area contributed by atoms with Crippen molar-refractivity contribution in [3.05, 3.63) is 29.3 Å². The van der Waals surface area contributed by atoms with Crippen molar-refractivity contribution < 1.29 is 14.3 Å². The minimum atomic E-state index is -0.427. The molecule has 0 saturated carbocycles. The van der Waals surface area contributed by atoms with Gasteiger partial charge in [0.1, 0.15) is 0 Å². The number of rotatable bonds is 3. The van der Waals surface area contributed by atoms with Crippen molar-refractivity contribution >= 4 is 17.6 Å². The first-order chi connectivity index (χ1) is 7.90. The fourth-order valence-electron chi connectivity index (χ4n) is 1.41. The van der Waals surface area contributed by atoms with Crippen LogP contribution in [0.2, 0.25) is 0 Å². The van der Waals surface area contributed by atoms with Gasteiger partial charge in [-0.1, -0.05) is 6.07 Å². The van der Waals surface area contributed by atoms with Gasteiger partial charge < -0.3 is 10.1 Å². The Morgan fingerprint density at radius 1 is 1.29 bits per heavy atom. The number of benzene rings is 1. The number of ether oxygens (including phenoxy) is 1. The van der Waals surface area contributed by atoms with Gasteiger partial charge in [0.05, 0.1) is 17.4 Å². The summed E-state index contributed by atoms with van der Waals surface area (Å²) in [6, 6.07) is 5.21. The van der Waals surface area contributed by atoms with Crippen molar-refractivity contribution in [1.82, 2.24) is 0 Å². The highest BCUT2D eigenvalue weighted by Crippen LogP contribution is 2.19. The van der Waals surface area contributed by atoms with Crippen LogP contribution in [-0.2, 0) is 9.53 Å². The summed E-state index contributed by atoms with van der Waals surface area (Å²) in [5.41, 5.74) is 1.83. The third-order valence-electron chi connectivity index (χ3n) is 2.05. The SMILES string of the molecule is CC(=O)Nc1cc(C)ccc1C(=O)OC(C)C. The molecule has 0 aromatic heterocycles. The molecule has 92 valence electrons. The number of carbonyl (C=O) groups is 2. The molecule has 1 aromatic rings. The minimum Gasteiger partial charge on any atom is -0.459 e. The molecule has 17 heavy (non-hydrogen) atoms. The predicted molar refractivity (Wildman–Crippen MR) is 66.0 cm³/mol. The van der Waals surface area contributed by atoms with Crippen molar-refractivity contribution in [3.8, 4) is 0 Å². The number of anilines is 1. The number of esters is 1. The average Bonchev–Trinajstić information content (AvgIpc) is 2.15. The zero-order valence-electron chi connectivity index (χ0n) is 10.5. The maximum Gasteiger partial charge on any atom is 0.340 e. The fourth-order valence-corrected chi connectivity index (χ4v) is 1.41. The number of hydrogen-bond acceptors (Lipinski definition) is 3. The lowest BCUT2D eigenvalue weighted by molar-refractivity contribution is -0.114. The molecule has 0 unspecified atom stereocenters. The average molecular weight is 235 g/mol. The van der Waals surface area contributed by atoms with Crippen molar-refractivity contribution in [2.45, 2.75) is 33.8 Å². The van der Waals surface area contributed by atoms with Crippen molar-refractivity contribution in [3.63, 3.8) is 0 Å². The summed E-state index contributed by atoms with van der Waals surface area (Å²) in [5.74, 6) is -0.641. The number of hydrogen-bond donors (Lipinski definition) is 1. The van der Waals surface area contributed by atoms with Crippen LogP contribution in [0.1, 0.15) is 36.7 Å². The molecule has 0 atom stereocenters. The summed E-state index contributed by atoms with van der Waals surface area (Å²) in [5, 5.41) is 2.63. The molecule has 1 rings (SSSR count). The molecule has 0 spiro atoms. The smallest absolute Gasteiger partial charge is 0.340 e. The molecular weight excluding hydrogens is 218 g/mol. The van der Waals surface area contributed by atoms with Crippen molar-refractivity contribution in [1.29, 1.82) is 0 Å². The van der Waals surface area contributed by atoms with E-state index in [1.54, 1.807) is 26.0 Å². The van der Waals surface area contributed by atoms with Gasteiger partial charge in [-0.05, 0) is 38.5 Å². The van der Waals surface area contributed by atoms with E-state index in [1.165, 1.54) is 6.92 Å². The largest absolute Gasteiger partial charge is 0.459 e. The topological polar surface area (TPSA) is 55.4 Å². The minimum absolute atomic E-state index is 0.186. The van der Waals surface area contributed by atoms with Gasteiger partial charge >= 0.3 is 5.97 Å². The van der Waals surface area contributed by atoms with Crippen LogP contribution in [-0.4, -0.2) is 18.0 Å². The maximum absolute atomic E-state index is 11.8. The highest BCUT2D eigenvalue weighted by atomic mass is 16.5. The lowest BCUT2D eigenvalue weighted by Gasteiger charge is -2.12. The maximum atomic E-state index is 11.8. The van der Waals surface area contributed by atoms with Crippen LogP contribution >= 0.6 is 0 Å². The Balaban J connectivity index is 3.05. The number of amides is 1. The Hall–Kier alpha value is -1.84. The standard InChI is InChI=1S/C13H17NO3/c1-8(2)17-13(16)11-6-5-9(3)7-12(11)14-10(4)15/h5-8H,1-4H3,(H,14,15). The highest BCUT2D eigenvalue weighted by molar-refractivity contribution is 6.00. The van der Waals surface area contributed by atoms with Gasteiger partial charge in [-0.25, -0.2) is 4.79 Å². The Bertz CT molecular complexity index is 438. The van der Waals surface area contributed by atoms with Gasteiger partial charge in [-0.2, -0.15) is 0 Å². The Kier molecular flexibility index (Phi) is 4.26. The second kappa shape index (κ2) is 5.48. The summed E-state index contributed by atoms with van der Waals surface area (Å²) in [6.07, 6.45) is -0.186. The molecule has 4 nitrogen and oxygen atoms in total. The zero-order chi connectivity index (χ0) is 13.0. The molecule has 0 saturated heterocycles. The second-order valence-electron chi connectivity index (χ2n) is 4.18. The molecule has 1 amide bonds. The van der Waals surface area contributed by atoms with Crippen LogP contribution in [0.3, 0.4) is 0 Å². The summed E-state index contributed by atoms with van der Waals surface area (Å²) in [4.78, 5) is 22.9. The van der Waals surface area contributed by atoms with Crippen molar-refractivity contribution in [2.75, 3.05) is 5.32 Å². The molecule has 4 heteroatoms. The molecule has 0 bridgehead atoms. The summed E-state index contributed by atoms with van der Waals surface area (Å²) >= 11 is 0. The van der Waals surface area contributed by atoms with Crippen LogP contribution < -0.4 is 5.32 Å². The third kappa shape index (κ3) is 3.90. The van der Waals surface area contributed by atoms with E-state index in [-0.39, 0.29) is 12.0 Å². The van der Waals surface area contributed by atoms with E-state index in [1.807, 2.05) is 13.0 Å². The predicted octanol–water partition coefficient (Wildman–Crippen LogP) is 2.52. The van der Waals surface area contributed by atoms with E-state index < -0.39 is 5.97 Å². The van der Waals surface area contributed by atoms with Crippen LogP contribution in [0, 0.1) is 6.92 Å². The van der Waals surface area contributed by atoms with E-state index in [0.29, 0.717) is 11.3 Å². The van der Waals surface area contributed by atoms with Gasteiger partial charge in [0.25, 0.3) is 0 Å². The lowest BCUT2D eigenvalue weighted by atomic mass is 10.1. The second-order valence-corrected chi connectivity index (χ2v) is 4.18. The van der Waals surface area contributed by atoms with E-state index >= 15 is 0 Å². The molecule has 1 aromatic carbocycles. The molecule has 0 aliphatic carbocycles. The van der Waals surface area contributed by atoms with Crippen molar-refractivity contribution in [2.24, 2.45) is 0 Å². The summed E-state index contributed by atoms with van der Waals surface area (Å²) in [7, 11) is 0. The number of carbonyl (C=O) groups excluding carboxylic acids is 2. The van der Waals surface area contributed by atoms with Crippen LogP contribution in [0.15, 0.2) is 18.2 Å². The van der Waals surface area contributed by atoms with Gasteiger partial charge in [0.15, 0.2) is 0 Å². The molecule has 0 heterocycles. The normalized spacial score (nSPS) is 10.2. The fraction of sp³-hybridized carbons (Fsp3) is 0.385. The monoisotopic (exact) mass is 235 g/mol. The summed E-state index contributed by atoms with van der Waals surface area (Å²) < 4.78 is 5.11. The lowest BCUT2D eigenvalue weighted by Crippen LogP contribution is -2.16. The van der Waals surface area contributed by atoms with Crippen LogP contribution in [0.5, 0.6) is 0 Å². The van der Waals surface area contributed by atoms with E-state index in [4.69, 9.17) is 4.74 Å². The van der Waals surface area contributed by atoms with Crippen LogP contribution in [0.25, 0.3) is 0 Å². The summed E-state index contributed by atoms with van der Waals surface area (Å²) in [6.45, 7) is 6.86. The quantitative estimate of drug-likeness (QED) is 0.819. The van der Waals surface area contributed by atoms with E-state index in [0.717, 1.165) is 5.56 Å². The number of aryl methyl sites for hydroxylation is 1. The van der Waals surface area contributed by atoms with Crippen LogP contribution in [0.4, 0.5) is 5.69 Å². The van der Waals surface area contributed by atoms with Gasteiger partial charge in [0, 0.05) is 6.92 Å².